The third-order valence-electron chi connectivity index (χ3n) is 5.07. The first kappa shape index (κ1) is 16.6. The number of rotatable bonds is 3. The number of hydrogen-bond acceptors (Lipinski definition) is 4. The molecule has 8 heteroatoms. The number of hydrogen-bond donors (Lipinski definition) is 3. The van der Waals surface area contributed by atoms with Gasteiger partial charge in [0, 0.05) is 25.6 Å². The molecule has 1 amide bonds. The quantitative estimate of drug-likeness (QED) is 0.774. The summed E-state index contributed by atoms with van der Waals surface area (Å²) in [5.41, 5.74) is 1.22. The lowest BCUT2D eigenvalue weighted by Gasteiger charge is -2.28. The van der Waals surface area contributed by atoms with Crippen LogP contribution in [0, 0.1) is 0 Å². The number of carboxylic acids is 1. The van der Waals surface area contributed by atoms with Crippen LogP contribution in [0.15, 0.2) is 29.1 Å². The molecule has 2 aromatic rings. The van der Waals surface area contributed by atoms with E-state index in [9.17, 15) is 14.4 Å². The van der Waals surface area contributed by atoms with E-state index in [1.807, 2.05) is 0 Å². The first-order valence-corrected chi connectivity index (χ1v) is 8.60. The molecule has 3 N–H and O–H groups in total. The Morgan fingerprint density at radius 2 is 1.85 bits per heavy atom. The van der Waals surface area contributed by atoms with Gasteiger partial charge in [0.1, 0.15) is 5.82 Å². The third-order valence-corrected chi connectivity index (χ3v) is 5.07. The molecular weight excluding hydrogens is 338 g/mol. The van der Waals surface area contributed by atoms with E-state index in [-0.39, 0.29) is 29.5 Å². The minimum atomic E-state index is -1.01. The molecule has 1 atom stereocenters. The molecule has 26 heavy (non-hydrogen) atoms. The highest BCUT2D eigenvalue weighted by Gasteiger charge is 2.34. The van der Waals surface area contributed by atoms with E-state index in [4.69, 9.17) is 9.84 Å². The van der Waals surface area contributed by atoms with E-state index >= 15 is 0 Å². The topological polar surface area (TPSA) is 113 Å². The molecule has 0 bridgehead atoms. The van der Waals surface area contributed by atoms with Crippen molar-refractivity contribution in [3.63, 3.8) is 0 Å². The van der Waals surface area contributed by atoms with Crippen molar-refractivity contribution < 1.29 is 19.4 Å². The van der Waals surface area contributed by atoms with Gasteiger partial charge in [0.25, 0.3) is 5.56 Å². The molecule has 8 nitrogen and oxygen atoms in total. The Morgan fingerprint density at radius 1 is 1.15 bits per heavy atom. The number of anilines is 1. The molecule has 0 spiro atoms. The lowest BCUT2D eigenvalue weighted by Crippen LogP contribution is -2.28. The number of fused-ring (bicyclic) bond motifs is 1. The van der Waals surface area contributed by atoms with Gasteiger partial charge < -0.3 is 15.2 Å². The Kier molecular flexibility index (Phi) is 4.12. The smallest absolute Gasteiger partial charge is 0.335 e. The van der Waals surface area contributed by atoms with Crippen molar-refractivity contribution in [2.24, 2.45) is 0 Å². The highest BCUT2D eigenvalue weighted by molar-refractivity contribution is 5.94. The fourth-order valence-electron chi connectivity index (χ4n) is 3.74. The third kappa shape index (κ3) is 2.82. The zero-order chi connectivity index (χ0) is 18.3. The second-order valence-corrected chi connectivity index (χ2v) is 6.65. The van der Waals surface area contributed by atoms with Crippen molar-refractivity contribution in [2.75, 3.05) is 18.5 Å². The van der Waals surface area contributed by atoms with Crippen molar-refractivity contribution in [1.82, 2.24) is 9.78 Å². The summed E-state index contributed by atoms with van der Waals surface area (Å²) in [6.45, 7) is 1.24. The Bertz CT molecular complexity index is 906. The lowest BCUT2D eigenvalue weighted by atomic mass is 9.86. The van der Waals surface area contributed by atoms with Gasteiger partial charge in [0.05, 0.1) is 17.2 Å². The molecule has 0 radical (unpaired) electrons. The normalized spacial score (nSPS) is 20.5. The maximum absolute atomic E-state index is 12.6. The summed E-state index contributed by atoms with van der Waals surface area (Å²) in [6, 6.07) is 6.40. The zero-order valence-corrected chi connectivity index (χ0v) is 14.0. The molecular formula is C18H19N3O5. The van der Waals surface area contributed by atoms with Crippen LogP contribution >= 0.6 is 0 Å². The standard InChI is InChI=1S/C18H19N3O5/c22-14-9-13(10-1-3-11(4-2-10)18(24)25)15-16(19-14)21(20-17(15)23)12-5-7-26-8-6-12/h1-4,12-13H,5-9H2,(H,19,22)(H,20,23)(H,24,25). The molecule has 0 aliphatic carbocycles. The number of ether oxygens (including phenoxy) is 1. The molecule has 4 rings (SSSR count). The number of H-pyrrole nitrogens is 1. The summed E-state index contributed by atoms with van der Waals surface area (Å²) in [5, 5.41) is 14.8. The average Bonchev–Trinajstić information content (AvgIpc) is 2.98. The van der Waals surface area contributed by atoms with Gasteiger partial charge in [-0.2, -0.15) is 0 Å². The van der Waals surface area contributed by atoms with Gasteiger partial charge in [-0.3, -0.25) is 19.4 Å². The summed E-state index contributed by atoms with van der Waals surface area (Å²) in [7, 11) is 0. The van der Waals surface area contributed by atoms with Crippen molar-refractivity contribution in [1.29, 1.82) is 0 Å². The molecule has 1 saturated heterocycles. The van der Waals surface area contributed by atoms with Gasteiger partial charge in [-0.25, -0.2) is 4.79 Å². The average molecular weight is 357 g/mol. The van der Waals surface area contributed by atoms with Crippen LogP contribution in [0.25, 0.3) is 0 Å². The summed E-state index contributed by atoms with van der Waals surface area (Å²) in [6.07, 6.45) is 1.69. The molecule has 1 unspecified atom stereocenters. The Balaban J connectivity index is 1.75. The first-order chi connectivity index (χ1) is 12.5. The van der Waals surface area contributed by atoms with Crippen molar-refractivity contribution in [3.05, 3.63) is 51.3 Å². The van der Waals surface area contributed by atoms with Crippen LogP contribution in [0.4, 0.5) is 5.82 Å². The number of carboxylic acid groups (broad SMARTS) is 1. The van der Waals surface area contributed by atoms with Crippen LogP contribution in [0.5, 0.6) is 0 Å². The van der Waals surface area contributed by atoms with Crippen LogP contribution in [0.2, 0.25) is 0 Å². The maximum atomic E-state index is 12.6. The number of carbonyl (C=O) groups excluding carboxylic acids is 1. The van der Waals surface area contributed by atoms with Gasteiger partial charge in [-0.15, -0.1) is 0 Å². The summed E-state index contributed by atoms with van der Waals surface area (Å²) < 4.78 is 7.13. The summed E-state index contributed by atoms with van der Waals surface area (Å²) in [4.78, 5) is 35.9. The predicted octanol–water partition coefficient (Wildman–Crippen LogP) is 1.70. The highest BCUT2D eigenvalue weighted by atomic mass is 16.5. The minimum absolute atomic E-state index is 0.0774. The zero-order valence-electron chi connectivity index (χ0n) is 14.0. The van der Waals surface area contributed by atoms with Gasteiger partial charge in [0.15, 0.2) is 0 Å². The summed E-state index contributed by atoms with van der Waals surface area (Å²) in [5.74, 6) is -1.05. The molecule has 1 fully saturated rings. The number of nitrogens with one attached hydrogen (secondary N) is 2. The number of benzene rings is 1. The van der Waals surface area contributed by atoms with Gasteiger partial charge in [-0.1, -0.05) is 12.1 Å². The molecule has 136 valence electrons. The van der Waals surface area contributed by atoms with Crippen LogP contribution in [-0.2, 0) is 9.53 Å². The van der Waals surface area contributed by atoms with E-state index in [0.717, 1.165) is 18.4 Å². The number of aromatic nitrogens is 2. The lowest BCUT2D eigenvalue weighted by molar-refractivity contribution is -0.116. The Morgan fingerprint density at radius 3 is 2.50 bits per heavy atom. The number of aromatic carboxylic acids is 1. The Hall–Kier alpha value is -2.87. The van der Waals surface area contributed by atoms with E-state index in [0.29, 0.717) is 24.6 Å². The predicted molar refractivity (Wildman–Crippen MR) is 92.6 cm³/mol. The fourth-order valence-corrected chi connectivity index (χ4v) is 3.74. The number of carbonyl (C=O) groups is 2. The van der Waals surface area contributed by atoms with Crippen molar-refractivity contribution >= 4 is 17.7 Å². The highest BCUT2D eigenvalue weighted by Crippen LogP contribution is 2.37. The first-order valence-electron chi connectivity index (χ1n) is 8.60. The van der Waals surface area contributed by atoms with Crippen molar-refractivity contribution in [2.45, 2.75) is 31.2 Å². The number of amides is 1. The number of nitrogens with zero attached hydrogens (tertiary/aromatic N) is 1. The van der Waals surface area contributed by atoms with Crippen LogP contribution in [0.1, 0.15) is 52.7 Å². The maximum Gasteiger partial charge on any atom is 0.335 e. The number of aromatic amines is 1. The monoisotopic (exact) mass is 357 g/mol. The van der Waals surface area contributed by atoms with Gasteiger partial charge >= 0.3 is 5.97 Å². The Labute approximate surface area is 148 Å². The molecule has 1 aromatic carbocycles. The van der Waals surface area contributed by atoms with Crippen molar-refractivity contribution in [3.8, 4) is 0 Å². The molecule has 2 aliphatic heterocycles. The largest absolute Gasteiger partial charge is 0.478 e. The second-order valence-electron chi connectivity index (χ2n) is 6.65. The SMILES string of the molecule is O=C1CC(c2ccc(C(=O)O)cc2)c2c(n(C3CCOCC3)[nH]c2=O)N1. The fraction of sp³-hybridized carbons (Fsp3) is 0.389. The molecule has 1 aromatic heterocycles. The van der Waals surface area contributed by atoms with Crippen LogP contribution in [-0.4, -0.2) is 40.0 Å². The van der Waals surface area contributed by atoms with E-state index in [1.165, 1.54) is 12.1 Å². The van der Waals surface area contributed by atoms with Crippen LogP contribution in [0.3, 0.4) is 0 Å². The van der Waals surface area contributed by atoms with E-state index in [2.05, 4.69) is 10.4 Å². The van der Waals surface area contributed by atoms with Crippen LogP contribution < -0.4 is 10.9 Å². The van der Waals surface area contributed by atoms with E-state index in [1.54, 1.807) is 16.8 Å². The van der Waals surface area contributed by atoms with E-state index < -0.39 is 11.9 Å². The molecule has 3 heterocycles. The van der Waals surface area contributed by atoms with Gasteiger partial charge in [0.2, 0.25) is 5.91 Å². The second kappa shape index (κ2) is 6.45. The molecule has 2 aliphatic rings. The minimum Gasteiger partial charge on any atom is -0.478 e. The summed E-state index contributed by atoms with van der Waals surface area (Å²) >= 11 is 0. The molecule has 0 saturated carbocycles. The van der Waals surface area contributed by atoms with Gasteiger partial charge in [-0.05, 0) is 30.5 Å².